The largest absolute Gasteiger partial charge is 0.463 e. The number of para-hydroxylation sites is 1. The number of rotatable bonds is 7. The van der Waals surface area contributed by atoms with E-state index < -0.39 is 0 Å². The summed E-state index contributed by atoms with van der Waals surface area (Å²) in [5.74, 6) is 0.388. The van der Waals surface area contributed by atoms with Gasteiger partial charge in [0.25, 0.3) is 5.91 Å². The topological polar surface area (TPSA) is 88.0 Å². The quantitative estimate of drug-likeness (QED) is 0.714. The van der Waals surface area contributed by atoms with E-state index in [1.807, 2.05) is 56.4 Å². The van der Waals surface area contributed by atoms with Crippen LogP contribution in [0.4, 0.5) is 5.69 Å². The molecule has 0 unspecified atom stereocenters. The van der Waals surface area contributed by atoms with E-state index in [0.717, 1.165) is 22.6 Å². The summed E-state index contributed by atoms with van der Waals surface area (Å²) in [6.45, 7) is 7.59. The highest BCUT2D eigenvalue weighted by Gasteiger charge is 2.22. The minimum absolute atomic E-state index is 0.0270. The van der Waals surface area contributed by atoms with Crippen molar-refractivity contribution in [3.8, 4) is 0 Å². The molecule has 0 bridgehead atoms. The van der Waals surface area contributed by atoms with Gasteiger partial charge in [0, 0.05) is 5.69 Å². The van der Waals surface area contributed by atoms with E-state index in [9.17, 15) is 9.59 Å². The summed E-state index contributed by atoms with van der Waals surface area (Å²) in [6.07, 6.45) is 1.61. The summed E-state index contributed by atoms with van der Waals surface area (Å²) in [4.78, 5) is 24.3. The fourth-order valence-corrected chi connectivity index (χ4v) is 2.69. The van der Waals surface area contributed by atoms with Crippen LogP contribution in [0.3, 0.4) is 0 Å². The molecule has 0 spiro atoms. The second kappa shape index (κ2) is 8.48. The molecule has 0 aliphatic rings. The first-order valence-corrected chi connectivity index (χ1v) is 8.40. The molecule has 134 valence electrons. The molecule has 4 N–H and O–H groups in total. The van der Waals surface area contributed by atoms with Crippen LogP contribution >= 0.6 is 0 Å². The molecule has 0 saturated heterocycles. The zero-order valence-corrected chi connectivity index (χ0v) is 15.1. The Morgan fingerprint density at radius 2 is 1.80 bits per heavy atom. The summed E-state index contributed by atoms with van der Waals surface area (Å²) in [7, 11) is 0. The Morgan fingerprint density at radius 3 is 2.40 bits per heavy atom. The van der Waals surface area contributed by atoms with E-state index in [1.54, 1.807) is 13.2 Å². The molecular formula is C19H26N3O3+. The number of hydrogen-bond acceptors (Lipinski definition) is 3. The van der Waals surface area contributed by atoms with E-state index in [2.05, 4.69) is 10.6 Å². The van der Waals surface area contributed by atoms with Crippen molar-refractivity contribution in [1.29, 1.82) is 0 Å². The number of aryl methyl sites for hydroxylation is 2. The van der Waals surface area contributed by atoms with Crippen molar-refractivity contribution in [2.45, 2.75) is 39.8 Å². The smallest absolute Gasteiger partial charge is 0.278 e. The van der Waals surface area contributed by atoms with Gasteiger partial charge in [0.2, 0.25) is 5.91 Å². The van der Waals surface area contributed by atoms with Crippen molar-refractivity contribution in [3.05, 3.63) is 53.5 Å². The number of quaternary nitrogens is 1. The zero-order valence-electron chi connectivity index (χ0n) is 15.1. The van der Waals surface area contributed by atoms with Gasteiger partial charge in [-0.1, -0.05) is 18.2 Å². The van der Waals surface area contributed by atoms with Crippen molar-refractivity contribution in [1.82, 2.24) is 5.32 Å². The highest BCUT2D eigenvalue weighted by molar-refractivity contribution is 5.96. The molecule has 0 fully saturated rings. The molecule has 2 aromatic rings. The van der Waals surface area contributed by atoms with E-state index in [4.69, 9.17) is 4.42 Å². The zero-order chi connectivity index (χ0) is 18.4. The maximum Gasteiger partial charge on any atom is 0.278 e. The van der Waals surface area contributed by atoms with Gasteiger partial charge in [-0.3, -0.25) is 9.59 Å². The molecule has 0 radical (unpaired) electrons. The van der Waals surface area contributed by atoms with Crippen LogP contribution in [0, 0.1) is 13.8 Å². The SMILES string of the molecule is Cc1cccc(C)c1NC(=O)CNC(=O)[C@H](C)[NH2+][C@@H](C)c1ccco1. The van der Waals surface area contributed by atoms with Crippen LogP contribution in [0.5, 0.6) is 0 Å². The summed E-state index contributed by atoms with van der Waals surface area (Å²) in [5.41, 5.74) is 2.79. The molecule has 6 nitrogen and oxygen atoms in total. The monoisotopic (exact) mass is 344 g/mol. The van der Waals surface area contributed by atoms with Gasteiger partial charge in [-0.2, -0.15) is 0 Å². The molecule has 1 aromatic carbocycles. The van der Waals surface area contributed by atoms with Crippen molar-refractivity contribution in [2.24, 2.45) is 0 Å². The number of nitrogens with two attached hydrogens (primary N) is 1. The molecule has 2 atom stereocenters. The van der Waals surface area contributed by atoms with Crippen molar-refractivity contribution >= 4 is 17.5 Å². The van der Waals surface area contributed by atoms with E-state index in [0.29, 0.717) is 0 Å². The van der Waals surface area contributed by atoms with Crippen LogP contribution in [0.1, 0.15) is 36.8 Å². The Kier molecular flexibility index (Phi) is 6.36. The van der Waals surface area contributed by atoms with Crippen LogP contribution in [-0.2, 0) is 9.59 Å². The van der Waals surface area contributed by atoms with Crippen LogP contribution in [-0.4, -0.2) is 24.4 Å². The Balaban J connectivity index is 1.81. The third-order valence-electron chi connectivity index (χ3n) is 4.15. The highest BCUT2D eigenvalue weighted by atomic mass is 16.3. The lowest BCUT2D eigenvalue weighted by Gasteiger charge is -2.15. The van der Waals surface area contributed by atoms with Gasteiger partial charge in [0.15, 0.2) is 11.8 Å². The Hall–Kier alpha value is -2.60. The van der Waals surface area contributed by atoms with Crippen LogP contribution in [0.25, 0.3) is 0 Å². The minimum atomic E-state index is -0.326. The predicted octanol–water partition coefficient (Wildman–Crippen LogP) is 1.66. The van der Waals surface area contributed by atoms with Gasteiger partial charge < -0.3 is 20.4 Å². The fraction of sp³-hybridized carbons (Fsp3) is 0.368. The number of benzene rings is 1. The third-order valence-corrected chi connectivity index (χ3v) is 4.15. The molecule has 0 aliphatic heterocycles. The average molecular weight is 344 g/mol. The summed E-state index contributed by atoms with van der Waals surface area (Å²) < 4.78 is 5.34. The molecule has 0 saturated carbocycles. The Morgan fingerprint density at radius 1 is 1.12 bits per heavy atom. The third kappa shape index (κ3) is 5.19. The molecule has 6 heteroatoms. The molecule has 1 heterocycles. The molecule has 2 rings (SSSR count). The first-order valence-electron chi connectivity index (χ1n) is 8.40. The van der Waals surface area contributed by atoms with Crippen LogP contribution in [0.2, 0.25) is 0 Å². The number of furan rings is 1. The van der Waals surface area contributed by atoms with Crippen LogP contribution in [0.15, 0.2) is 41.0 Å². The van der Waals surface area contributed by atoms with Gasteiger partial charge in [-0.25, -0.2) is 0 Å². The molecule has 25 heavy (non-hydrogen) atoms. The van der Waals surface area contributed by atoms with Gasteiger partial charge in [-0.15, -0.1) is 0 Å². The standard InChI is InChI=1S/C19H25N3O3/c1-12-7-5-8-13(2)18(12)22-17(23)11-20-19(24)15(4)21-14(3)16-9-6-10-25-16/h5-10,14-15,21H,11H2,1-4H3,(H,20,24)(H,22,23)/p+1/t14-,15-/m0/s1. The number of nitrogens with one attached hydrogen (secondary N) is 2. The van der Waals surface area contributed by atoms with E-state index >= 15 is 0 Å². The predicted molar refractivity (Wildman–Crippen MR) is 96.1 cm³/mol. The maximum absolute atomic E-state index is 12.2. The lowest BCUT2D eigenvalue weighted by atomic mass is 10.1. The highest BCUT2D eigenvalue weighted by Crippen LogP contribution is 2.18. The van der Waals surface area contributed by atoms with Gasteiger partial charge in [0.1, 0.15) is 6.04 Å². The summed E-state index contributed by atoms with van der Waals surface area (Å²) in [5, 5.41) is 7.44. The minimum Gasteiger partial charge on any atom is -0.463 e. The number of amides is 2. The van der Waals surface area contributed by atoms with Gasteiger partial charge in [-0.05, 0) is 51.0 Å². The number of anilines is 1. The average Bonchev–Trinajstić information content (AvgIpc) is 3.10. The first-order chi connectivity index (χ1) is 11.9. The maximum atomic E-state index is 12.2. The second-order valence-electron chi connectivity index (χ2n) is 6.32. The molecule has 2 amide bonds. The van der Waals surface area contributed by atoms with E-state index in [-0.39, 0.29) is 30.4 Å². The van der Waals surface area contributed by atoms with Crippen molar-refractivity contribution < 1.29 is 19.3 Å². The number of carbonyl (C=O) groups excluding carboxylic acids is 2. The van der Waals surface area contributed by atoms with Crippen molar-refractivity contribution in [2.75, 3.05) is 11.9 Å². The van der Waals surface area contributed by atoms with Crippen LogP contribution < -0.4 is 16.0 Å². The second-order valence-corrected chi connectivity index (χ2v) is 6.32. The van der Waals surface area contributed by atoms with Gasteiger partial charge in [0.05, 0.1) is 12.8 Å². The fourth-order valence-electron chi connectivity index (χ4n) is 2.69. The Bertz CT molecular complexity index is 705. The summed E-state index contributed by atoms with van der Waals surface area (Å²) in [6, 6.07) is 9.22. The first kappa shape index (κ1) is 18.7. The normalized spacial score (nSPS) is 13.1. The Labute approximate surface area is 148 Å². The molecule has 0 aliphatic carbocycles. The lowest BCUT2D eigenvalue weighted by molar-refractivity contribution is -0.712. The lowest BCUT2D eigenvalue weighted by Crippen LogP contribution is -2.92. The molecular weight excluding hydrogens is 318 g/mol. The number of hydrogen-bond donors (Lipinski definition) is 3. The van der Waals surface area contributed by atoms with Crippen molar-refractivity contribution in [3.63, 3.8) is 0 Å². The molecule has 1 aromatic heterocycles. The van der Waals surface area contributed by atoms with E-state index in [1.165, 1.54) is 0 Å². The summed E-state index contributed by atoms with van der Waals surface area (Å²) >= 11 is 0. The van der Waals surface area contributed by atoms with Gasteiger partial charge >= 0.3 is 0 Å². The number of carbonyl (C=O) groups is 2.